The molecular weight excluding hydrogens is 428 g/mol. The van der Waals surface area contributed by atoms with Gasteiger partial charge in [0.05, 0.1) is 18.8 Å². The summed E-state index contributed by atoms with van der Waals surface area (Å²) in [6, 6.07) is 10.9. The summed E-state index contributed by atoms with van der Waals surface area (Å²) in [6.45, 7) is 4.14. The molecule has 1 spiro atoms. The predicted octanol–water partition coefficient (Wildman–Crippen LogP) is 3.15. The van der Waals surface area contributed by atoms with Crippen LogP contribution in [-0.2, 0) is 15.1 Å². The van der Waals surface area contributed by atoms with E-state index in [1.54, 1.807) is 0 Å². The fourth-order valence-corrected chi connectivity index (χ4v) is 6.59. The molecule has 4 aliphatic rings. The van der Waals surface area contributed by atoms with Gasteiger partial charge in [-0.3, -0.25) is 9.69 Å². The van der Waals surface area contributed by atoms with Crippen molar-refractivity contribution in [3.63, 3.8) is 0 Å². The quantitative estimate of drug-likeness (QED) is 0.644. The molecular formula is C27H40N4O3. The van der Waals surface area contributed by atoms with Crippen LogP contribution in [0.2, 0.25) is 0 Å². The topological polar surface area (TPSA) is 56.3 Å². The van der Waals surface area contributed by atoms with Gasteiger partial charge in [-0.25, -0.2) is 4.79 Å². The van der Waals surface area contributed by atoms with Gasteiger partial charge in [0.2, 0.25) is 5.91 Å². The van der Waals surface area contributed by atoms with Crippen LogP contribution in [0.15, 0.2) is 30.3 Å². The number of urea groups is 1. The van der Waals surface area contributed by atoms with Crippen LogP contribution in [0.5, 0.6) is 0 Å². The third-order valence-electron chi connectivity index (χ3n) is 9.09. The Kier molecular flexibility index (Phi) is 6.60. The molecule has 0 bridgehead atoms. The Morgan fingerprint density at radius 2 is 1.74 bits per heavy atom. The number of hydrogen-bond acceptors (Lipinski definition) is 4. The molecule has 7 heteroatoms. The molecule has 0 unspecified atom stereocenters. The van der Waals surface area contributed by atoms with Gasteiger partial charge in [-0.05, 0) is 64.1 Å². The Labute approximate surface area is 204 Å². The van der Waals surface area contributed by atoms with Crippen molar-refractivity contribution < 1.29 is 14.3 Å². The highest BCUT2D eigenvalue weighted by atomic mass is 16.5. The van der Waals surface area contributed by atoms with E-state index in [2.05, 4.69) is 54.2 Å². The molecule has 2 aliphatic carbocycles. The maximum absolute atomic E-state index is 13.7. The standard InChI is InChI=1S/C27H40N4O3/c1-28(2)27(23-9-4-3-5-10-23)13-11-26(12-14-27)21-30(20-24(32)29-15-17-34-18-16-29)25(33)31(26)19-22-7-6-8-22/h3-5,9-10,22H,6-8,11-21H2,1-2H3/t26-,27+. The number of ether oxygens (including phenoxy) is 1. The molecule has 5 rings (SSSR count). The molecule has 2 saturated heterocycles. The van der Waals surface area contributed by atoms with Crippen molar-refractivity contribution >= 4 is 11.9 Å². The Bertz CT molecular complexity index is 871. The molecule has 34 heavy (non-hydrogen) atoms. The first kappa shape index (κ1) is 23.6. The minimum absolute atomic E-state index is 0.00522. The lowest BCUT2D eigenvalue weighted by atomic mass is 9.68. The predicted molar refractivity (Wildman–Crippen MR) is 131 cm³/mol. The molecule has 0 atom stereocenters. The van der Waals surface area contributed by atoms with Gasteiger partial charge in [0.1, 0.15) is 6.54 Å². The lowest BCUT2D eigenvalue weighted by Gasteiger charge is -2.51. The van der Waals surface area contributed by atoms with E-state index in [-0.39, 0.29) is 29.6 Å². The monoisotopic (exact) mass is 468 g/mol. The van der Waals surface area contributed by atoms with Gasteiger partial charge in [0.25, 0.3) is 0 Å². The number of morpholine rings is 1. The van der Waals surface area contributed by atoms with E-state index in [1.165, 1.54) is 24.8 Å². The first-order valence-corrected chi connectivity index (χ1v) is 13.1. The summed E-state index contributed by atoms with van der Waals surface area (Å²) in [5.41, 5.74) is 1.20. The normalized spacial score (nSPS) is 30.3. The molecule has 186 valence electrons. The number of amides is 3. The molecule has 3 amide bonds. The maximum Gasteiger partial charge on any atom is 0.321 e. The lowest BCUT2D eigenvalue weighted by Crippen LogP contribution is -2.56. The summed E-state index contributed by atoms with van der Waals surface area (Å²) in [5, 5.41) is 0. The second-order valence-electron chi connectivity index (χ2n) is 11.1. The molecule has 0 radical (unpaired) electrons. The third-order valence-corrected chi connectivity index (χ3v) is 9.09. The number of carbonyl (C=O) groups is 2. The molecule has 0 N–H and O–H groups in total. The molecule has 0 aromatic heterocycles. The van der Waals surface area contributed by atoms with E-state index >= 15 is 0 Å². The van der Waals surface area contributed by atoms with Crippen molar-refractivity contribution in [2.24, 2.45) is 5.92 Å². The number of hydrogen-bond donors (Lipinski definition) is 0. The van der Waals surface area contributed by atoms with Crippen LogP contribution in [-0.4, -0.2) is 97.1 Å². The van der Waals surface area contributed by atoms with Crippen molar-refractivity contribution in [1.82, 2.24) is 19.6 Å². The van der Waals surface area contributed by atoms with Crippen molar-refractivity contribution in [3.05, 3.63) is 35.9 Å². The van der Waals surface area contributed by atoms with Crippen molar-refractivity contribution in [1.29, 1.82) is 0 Å². The summed E-state index contributed by atoms with van der Waals surface area (Å²) in [7, 11) is 4.37. The van der Waals surface area contributed by atoms with Crippen LogP contribution in [0.4, 0.5) is 4.79 Å². The van der Waals surface area contributed by atoms with Crippen molar-refractivity contribution in [3.8, 4) is 0 Å². The Balaban J connectivity index is 1.35. The molecule has 2 heterocycles. The second-order valence-corrected chi connectivity index (χ2v) is 11.1. The number of rotatable bonds is 6. The molecule has 1 aromatic carbocycles. The highest BCUT2D eigenvalue weighted by Crippen LogP contribution is 2.49. The van der Waals surface area contributed by atoms with Gasteiger partial charge in [-0.1, -0.05) is 36.8 Å². The van der Waals surface area contributed by atoms with Gasteiger partial charge in [0, 0.05) is 31.7 Å². The minimum atomic E-state index is -0.160. The van der Waals surface area contributed by atoms with Crippen molar-refractivity contribution in [2.75, 3.05) is 60.0 Å². The molecule has 2 aliphatic heterocycles. The smallest absolute Gasteiger partial charge is 0.321 e. The molecule has 7 nitrogen and oxygen atoms in total. The SMILES string of the molecule is CN(C)[C@]1(c2ccccc2)CC[C@]2(CC1)CN(CC(=O)N1CCOCC1)C(=O)N2CC1CCC1. The summed E-state index contributed by atoms with van der Waals surface area (Å²) < 4.78 is 5.40. The number of carbonyl (C=O) groups excluding carboxylic acids is 2. The molecule has 2 saturated carbocycles. The zero-order valence-electron chi connectivity index (χ0n) is 20.9. The van der Waals surface area contributed by atoms with Crippen molar-refractivity contribution in [2.45, 2.75) is 56.0 Å². The van der Waals surface area contributed by atoms with Crippen LogP contribution in [0.25, 0.3) is 0 Å². The minimum Gasteiger partial charge on any atom is -0.378 e. The van der Waals surface area contributed by atoms with Gasteiger partial charge >= 0.3 is 6.03 Å². The van der Waals surface area contributed by atoms with Gasteiger partial charge in [-0.15, -0.1) is 0 Å². The zero-order chi connectivity index (χ0) is 23.8. The van der Waals surface area contributed by atoms with Crippen LogP contribution < -0.4 is 0 Å². The fraction of sp³-hybridized carbons (Fsp3) is 0.704. The van der Waals surface area contributed by atoms with Crippen LogP contribution in [0.3, 0.4) is 0 Å². The summed E-state index contributed by atoms with van der Waals surface area (Å²) in [4.78, 5) is 34.9. The highest BCUT2D eigenvalue weighted by molar-refractivity contribution is 5.86. The van der Waals surface area contributed by atoms with Gasteiger partial charge in [-0.2, -0.15) is 0 Å². The second kappa shape index (κ2) is 9.50. The van der Waals surface area contributed by atoms with Gasteiger partial charge in [0.15, 0.2) is 0 Å². The van der Waals surface area contributed by atoms with E-state index < -0.39 is 0 Å². The van der Waals surface area contributed by atoms with Crippen LogP contribution >= 0.6 is 0 Å². The Morgan fingerprint density at radius 3 is 2.32 bits per heavy atom. The number of benzene rings is 1. The van der Waals surface area contributed by atoms with E-state index in [0.29, 0.717) is 38.8 Å². The fourth-order valence-electron chi connectivity index (χ4n) is 6.59. The van der Waals surface area contributed by atoms with E-state index in [1.807, 2.05) is 9.80 Å². The average Bonchev–Trinajstić information content (AvgIpc) is 3.08. The summed E-state index contributed by atoms with van der Waals surface area (Å²) in [5.74, 6) is 0.672. The van der Waals surface area contributed by atoms with E-state index in [9.17, 15) is 9.59 Å². The third kappa shape index (κ3) is 4.22. The van der Waals surface area contributed by atoms with Crippen LogP contribution in [0, 0.1) is 5.92 Å². The Morgan fingerprint density at radius 1 is 1.06 bits per heavy atom. The summed E-state index contributed by atoms with van der Waals surface area (Å²) in [6.07, 6.45) is 7.70. The largest absolute Gasteiger partial charge is 0.378 e. The molecule has 4 fully saturated rings. The average molecular weight is 469 g/mol. The maximum atomic E-state index is 13.7. The Hall–Kier alpha value is -2.12. The van der Waals surface area contributed by atoms with E-state index in [0.717, 1.165) is 32.2 Å². The first-order chi connectivity index (χ1) is 16.4. The highest BCUT2D eigenvalue weighted by Gasteiger charge is 2.55. The van der Waals surface area contributed by atoms with Gasteiger partial charge < -0.3 is 19.4 Å². The molecule has 1 aromatic rings. The zero-order valence-corrected chi connectivity index (χ0v) is 20.9. The summed E-state index contributed by atoms with van der Waals surface area (Å²) >= 11 is 0. The number of nitrogens with zero attached hydrogens (tertiary/aromatic N) is 4. The van der Waals surface area contributed by atoms with E-state index in [4.69, 9.17) is 4.74 Å². The van der Waals surface area contributed by atoms with Crippen LogP contribution in [0.1, 0.15) is 50.5 Å². The first-order valence-electron chi connectivity index (χ1n) is 13.1. The lowest BCUT2D eigenvalue weighted by molar-refractivity contribution is -0.135.